The Kier molecular flexibility index (Phi) is 2.44. The van der Waals surface area contributed by atoms with Crippen LogP contribution in [0.4, 0.5) is 0 Å². The Hall–Kier alpha value is -1.35. The van der Waals surface area contributed by atoms with E-state index in [-0.39, 0.29) is 17.9 Å². The molecule has 1 aromatic carbocycles. The summed E-state index contributed by atoms with van der Waals surface area (Å²) in [7, 11) is 0. The summed E-state index contributed by atoms with van der Waals surface area (Å²) in [5.41, 5.74) is 2.22. The molecule has 3 heteroatoms. The Morgan fingerprint density at radius 2 is 2.12 bits per heavy atom. The highest BCUT2D eigenvalue weighted by Gasteiger charge is 2.41. The molecule has 2 aliphatic rings. The third kappa shape index (κ3) is 1.84. The van der Waals surface area contributed by atoms with Crippen molar-refractivity contribution in [1.29, 1.82) is 0 Å². The van der Waals surface area contributed by atoms with Gasteiger partial charge in [-0.3, -0.25) is 4.79 Å². The average Bonchev–Trinajstić information content (AvgIpc) is 2.96. The molecule has 1 aromatic rings. The Morgan fingerprint density at radius 3 is 2.82 bits per heavy atom. The van der Waals surface area contributed by atoms with Crippen LogP contribution >= 0.6 is 0 Å². The lowest BCUT2D eigenvalue weighted by Crippen LogP contribution is -2.35. The number of hydrogen-bond donors (Lipinski definition) is 2. The molecular formula is C14H17NO2. The van der Waals surface area contributed by atoms with Crippen LogP contribution in [0.15, 0.2) is 24.3 Å². The van der Waals surface area contributed by atoms with E-state index in [1.165, 1.54) is 0 Å². The summed E-state index contributed by atoms with van der Waals surface area (Å²) in [5, 5.41) is 13.0. The first kappa shape index (κ1) is 10.8. The van der Waals surface area contributed by atoms with Crippen molar-refractivity contribution in [3.63, 3.8) is 0 Å². The van der Waals surface area contributed by atoms with E-state index in [9.17, 15) is 9.90 Å². The van der Waals surface area contributed by atoms with Crippen molar-refractivity contribution >= 4 is 5.91 Å². The van der Waals surface area contributed by atoms with Gasteiger partial charge in [-0.25, -0.2) is 0 Å². The maximum absolute atomic E-state index is 11.9. The van der Waals surface area contributed by atoms with Crippen molar-refractivity contribution in [1.82, 2.24) is 5.32 Å². The van der Waals surface area contributed by atoms with Gasteiger partial charge in [0.2, 0.25) is 5.91 Å². The number of aliphatic hydroxyl groups is 1. The van der Waals surface area contributed by atoms with Gasteiger partial charge < -0.3 is 10.4 Å². The minimum atomic E-state index is -0.481. The van der Waals surface area contributed by atoms with E-state index in [1.807, 2.05) is 24.3 Å². The number of carbonyl (C=O) groups excluding carboxylic acids is 1. The molecule has 0 spiro atoms. The van der Waals surface area contributed by atoms with Crippen molar-refractivity contribution in [2.24, 2.45) is 11.8 Å². The molecule has 90 valence electrons. The molecule has 0 bridgehead atoms. The van der Waals surface area contributed by atoms with Crippen LogP contribution in [-0.2, 0) is 11.2 Å². The monoisotopic (exact) mass is 231 g/mol. The Morgan fingerprint density at radius 1 is 1.41 bits per heavy atom. The summed E-state index contributed by atoms with van der Waals surface area (Å²) in [6.07, 6.45) is 1.14. The van der Waals surface area contributed by atoms with Gasteiger partial charge in [0.15, 0.2) is 0 Å². The molecule has 1 amide bonds. The molecule has 1 saturated carbocycles. The van der Waals surface area contributed by atoms with Crippen molar-refractivity contribution < 1.29 is 9.90 Å². The molecule has 0 aliphatic heterocycles. The van der Waals surface area contributed by atoms with Crippen molar-refractivity contribution in [2.75, 3.05) is 0 Å². The molecular weight excluding hydrogens is 214 g/mol. The summed E-state index contributed by atoms with van der Waals surface area (Å²) in [4.78, 5) is 11.9. The highest BCUT2D eigenvalue weighted by atomic mass is 16.3. The molecule has 17 heavy (non-hydrogen) atoms. The third-order valence-electron chi connectivity index (χ3n) is 3.95. The number of fused-ring (bicyclic) bond motifs is 1. The number of nitrogens with one attached hydrogen (secondary N) is 1. The maximum Gasteiger partial charge on any atom is 0.223 e. The van der Waals surface area contributed by atoms with Gasteiger partial charge in [0.25, 0.3) is 0 Å². The Balaban J connectivity index is 1.77. The van der Waals surface area contributed by atoms with Crippen LogP contribution in [-0.4, -0.2) is 17.1 Å². The molecule has 0 saturated heterocycles. The zero-order chi connectivity index (χ0) is 12.0. The second-order valence-electron chi connectivity index (χ2n) is 5.28. The van der Waals surface area contributed by atoms with Gasteiger partial charge in [-0.2, -0.15) is 0 Å². The van der Waals surface area contributed by atoms with Crippen LogP contribution in [0.5, 0.6) is 0 Å². The van der Waals surface area contributed by atoms with Crippen LogP contribution < -0.4 is 5.32 Å². The van der Waals surface area contributed by atoms with Crippen LogP contribution in [0, 0.1) is 11.8 Å². The van der Waals surface area contributed by atoms with Crippen molar-refractivity contribution in [2.45, 2.75) is 31.9 Å². The quantitative estimate of drug-likeness (QED) is 0.808. The first-order chi connectivity index (χ1) is 8.16. The van der Waals surface area contributed by atoms with Crippen molar-refractivity contribution in [3.8, 4) is 0 Å². The summed E-state index contributed by atoms with van der Waals surface area (Å²) in [6.45, 7) is 2.09. The molecule has 0 radical (unpaired) electrons. The van der Waals surface area contributed by atoms with Crippen LogP contribution in [0.25, 0.3) is 0 Å². The lowest BCUT2D eigenvalue weighted by molar-refractivity contribution is -0.124. The second-order valence-corrected chi connectivity index (χ2v) is 5.28. The fraction of sp³-hybridized carbons (Fsp3) is 0.500. The Labute approximate surface area is 101 Å². The number of amides is 1. The van der Waals surface area contributed by atoms with Gasteiger partial charge in [-0.1, -0.05) is 31.2 Å². The normalized spacial score (nSPS) is 34.2. The number of benzene rings is 1. The highest BCUT2D eigenvalue weighted by molar-refractivity contribution is 5.82. The molecule has 3 rings (SSSR count). The zero-order valence-electron chi connectivity index (χ0n) is 9.89. The molecule has 3 nitrogen and oxygen atoms in total. The number of carbonyl (C=O) groups is 1. The average molecular weight is 231 g/mol. The first-order valence-corrected chi connectivity index (χ1v) is 6.23. The number of rotatable bonds is 2. The molecule has 4 atom stereocenters. The predicted octanol–water partition coefficient (Wildman–Crippen LogP) is 1.42. The number of hydrogen-bond acceptors (Lipinski definition) is 2. The minimum Gasteiger partial charge on any atom is -0.390 e. The van der Waals surface area contributed by atoms with Crippen LogP contribution in [0.2, 0.25) is 0 Å². The Bertz CT molecular complexity index is 457. The molecule has 4 unspecified atom stereocenters. The summed E-state index contributed by atoms with van der Waals surface area (Å²) < 4.78 is 0. The largest absolute Gasteiger partial charge is 0.390 e. The van der Waals surface area contributed by atoms with E-state index in [0.717, 1.165) is 17.5 Å². The lowest BCUT2D eigenvalue weighted by atomic mass is 10.1. The number of aliphatic hydroxyl groups excluding tert-OH is 1. The standard InChI is InChI=1S/C14H17NO2/c1-8-6-11(8)14(17)15-13-10-5-3-2-4-9(10)7-12(13)16/h2-5,8,11-13,16H,6-7H2,1H3,(H,15,17). The van der Waals surface area contributed by atoms with Gasteiger partial charge in [0.05, 0.1) is 12.1 Å². The molecule has 1 fully saturated rings. The molecule has 0 aromatic heterocycles. The molecule has 2 N–H and O–H groups in total. The topological polar surface area (TPSA) is 49.3 Å². The maximum atomic E-state index is 11.9. The van der Waals surface area contributed by atoms with Gasteiger partial charge in [0, 0.05) is 12.3 Å². The van der Waals surface area contributed by atoms with Crippen LogP contribution in [0.1, 0.15) is 30.5 Å². The van der Waals surface area contributed by atoms with Gasteiger partial charge in [0.1, 0.15) is 0 Å². The SMILES string of the molecule is CC1CC1C(=O)NC1c2ccccc2CC1O. The van der Waals surface area contributed by atoms with E-state index in [1.54, 1.807) is 0 Å². The van der Waals surface area contributed by atoms with Gasteiger partial charge >= 0.3 is 0 Å². The summed E-state index contributed by atoms with van der Waals surface area (Å²) in [6, 6.07) is 7.72. The van der Waals surface area contributed by atoms with E-state index >= 15 is 0 Å². The van der Waals surface area contributed by atoms with E-state index in [0.29, 0.717) is 12.3 Å². The fourth-order valence-electron chi connectivity index (χ4n) is 2.70. The minimum absolute atomic E-state index is 0.0956. The van der Waals surface area contributed by atoms with Crippen LogP contribution in [0.3, 0.4) is 0 Å². The van der Waals surface area contributed by atoms with E-state index in [4.69, 9.17) is 0 Å². The molecule has 0 heterocycles. The van der Waals surface area contributed by atoms with Crippen molar-refractivity contribution in [3.05, 3.63) is 35.4 Å². The predicted molar refractivity (Wildman–Crippen MR) is 64.3 cm³/mol. The second kappa shape index (κ2) is 3.84. The highest BCUT2D eigenvalue weighted by Crippen LogP contribution is 2.39. The third-order valence-corrected chi connectivity index (χ3v) is 3.95. The fourth-order valence-corrected chi connectivity index (χ4v) is 2.70. The zero-order valence-corrected chi connectivity index (χ0v) is 9.89. The summed E-state index contributed by atoms with van der Waals surface area (Å²) in [5.74, 6) is 0.761. The van der Waals surface area contributed by atoms with E-state index < -0.39 is 6.10 Å². The lowest BCUT2D eigenvalue weighted by Gasteiger charge is -2.17. The summed E-state index contributed by atoms with van der Waals surface area (Å²) >= 11 is 0. The van der Waals surface area contributed by atoms with E-state index in [2.05, 4.69) is 12.2 Å². The van der Waals surface area contributed by atoms with Gasteiger partial charge in [-0.15, -0.1) is 0 Å². The smallest absolute Gasteiger partial charge is 0.223 e. The first-order valence-electron chi connectivity index (χ1n) is 6.23. The van der Waals surface area contributed by atoms with Gasteiger partial charge in [-0.05, 0) is 23.5 Å². The molecule has 2 aliphatic carbocycles.